The van der Waals surface area contributed by atoms with E-state index in [9.17, 15) is 0 Å². The lowest BCUT2D eigenvalue weighted by molar-refractivity contribution is 0.715. The van der Waals surface area contributed by atoms with Crippen molar-refractivity contribution in [3.8, 4) is 0 Å². The van der Waals surface area contributed by atoms with Gasteiger partial charge >= 0.3 is 0 Å². The van der Waals surface area contributed by atoms with Gasteiger partial charge in [-0.15, -0.1) is 11.8 Å². The molecule has 0 radical (unpaired) electrons. The highest BCUT2D eigenvalue weighted by Gasteiger charge is 2.19. The van der Waals surface area contributed by atoms with E-state index in [2.05, 4.69) is 61.0 Å². The predicted octanol–water partition coefficient (Wildman–Crippen LogP) is 4.37. The molecule has 0 aliphatic carbocycles. The second-order valence-electron chi connectivity index (χ2n) is 4.19. The number of nitrogens with two attached hydrogens (primary N) is 1. The van der Waals surface area contributed by atoms with Crippen molar-refractivity contribution < 1.29 is 0 Å². The van der Waals surface area contributed by atoms with Gasteiger partial charge < -0.3 is 5.73 Å². The first-order chi connectivity index (χ1) is 7.54. The first-order valence-electron chi connectivity index (χ1n) is 5.71. The zero-order valence-electron chi connectivity index (χ0n) is 10.1. The van der Waals surface area contributed by atoms with Crippen LogP contribution in [-0.2, 0) is 0 Å². The Labute approximate surface area is 111 Å². The third kappa shape index (κ3) is 4.11. The maximum absolute atomic E-state index is 6.09. The van der Waals surface area contributed by atoms with Crippen molar-refractivity contribution in [2.45, 2.75) is 43.7 Å². The quantitative estimate of drug-likeness (QED) is 0.874. The van der Waals surface area contributed by atoms with Crippen molar-refractivity contribution in [3.05, 3.63) is 34.3 Å². The van der Waals surface area contributed by atoms with Crippen LogP contribution >= 0.6 is 27.7 Å². The molecule has 2 N–H and O–H groups in total. The molecule has 1 rings (SSSR count). The van der Waals surface area contributed by atoms with E-state index in [-0.39, 0.29) is 6.04 Å². The van der Waals surface area contributed by atoms with E-state index in [0.717, 1.165) is 4.47 Å². The average Bonchev–Trinajstić information content (AvgIpc) is 2.25. The van der Waals surface area contributed by atoms with Gasteiger partial charge in [0.15, 0.2) is 0 Å². The molecule has 0 amide bonds. The maximum atomic E-state index is 6.09. The zero-order chi connectivity index (χ0) is 12.1. The van der Waals surface area contributed by atoms with E-state index in [4.69, 9.17) is 5.73 Å². The number of rotatable bonds is 5. The molecule has 0 saturated carbocycles. The largest absolute Gasteiger partial charge is 0.327 e. The normalized spacial score (nSPS) is 16.8. The highest BCUT2D eigenvalue weighted by molar-refractivity contribution is 9.10. The minimum Gasteiger partial charge on any atom is -0.327 e. The first kappa shape index (κ1) is 14.1. The molecule has 1 aromatic carbocycles. The number of thioether (sulfide) groups is 1. The predicted molar refractivity (Wildman–Crippen MR) is 77.9 cm³/mol. The lowest BCUT2D eigenvalue weighted by atomic mass is 10.1. The highest BCUT2D eigenvalue weighted by atomic mass is 79.9. The lowest BCUT2D eigenvalue weighted by Crippen LogP contribution is -2.24. The van der Waals surface area contributed by atoms with Gasteiger partial charge in [0.25, 0.3) is 0 Å². The van der Waals surface area contributed by atoms with Crippen molar-refractivity contribution in [2.24, 2.45) is 5.73 Å². The fourth-order valence-electron chi connectivity index (χ4n) is 1.54. The molecule has 0 aliphatic rings. The lowest BCUT2D eigenvalue weighted by Gasteiger charge is -2.24. The number of hydrogen-bond acceptors (Lipinski definition) is 2. The molecule has 3 heteroatoms. The summed E-state index contributed by atoms with van der Waals surface area (Å²) >= 11 is 5.48. The smallest absolute Gasteiger partial charge is 0.0448 e. The van der Waals surface area contributed by atoms with E-state index >= 15 is 0 Å². The Morgan fingerprint density at radius 2 is 2.06 bits per heavy atom. The minimum absolute atomic E-state index is 0.174. The summed E-state index contributed by atoms with van der Waals surface area (Å²) in [5.41, 5.74) is 7.40. The summed E-state index contributed by atoms with van der Waals surface area (Å²) in [6.45, 7) is 6.57. The van der Waals surface area contributed by atoms with E-state index in [1.165, 1.54) is 12.0 Å². The summed E-state index contributed by atoms with van der Waals surface area (Å²) < 4.78 is 1.13. The third-order valence-corrected chi connectivity index (χ3v) is 4.89. The van der Waals surface area contributed by atoms with E-state index in [1.54, 1.807) is 0 Å². The second-order valence-corrected chi connectivity index (χ2v) is 6.69. The van der Waals surface area contributed by atoms with Gasteiger partial charge in [-0.3, -0.25) is 0 Å². The van der Waals surface area contributed by atoms with Crippen LogP contribution in [0, 0.1) is 0 Å². The summed E-state index contributed by atoms with van der Waals surface area (Å²) in [5.74, 6) is 0. The van der Waals surface area contributed by atoms with Gasteiger partial charge in [0.05, 0.1) is 0 Å². The molecule has 0 aliphatic heterocycles. The van der Waals surface area contributed by atoms with Gasteiger partial charge in [0.1, 0.15) is 0 Å². The van der Waals surface area contributed by atoms with Crippen LogP contribution in [0.4, 0.5) is 0 Å². The van der Waals surface area contributed by atoms with E-state index < -0.39 is 0 Å². The molecule has 0 saturated heterocycles. The fraction of sp³-hybridized carbons (Fsp3) is 0.538. The van der Waals surface area contributed by atoms with Crippen LogP contribution in [0.1, 0.15) is 38.0 Å². The molecule has 3 atom stereocenters. The Balaban J connectivity index is 2.85. The topological polar surface area (TPSA) is 26.0 Å². The Kier molecular flexibility index (Phi) is 5.87. The van der Waals surface area contributed by atoms with Gasteiger partial charge in [0, 0.05) is 21.0 Å². The standard InChI is InChI=1S/C13H20BrNS/c1-4-9(2)16-13(10(3)15)11-6-5-7-12(14)8-11/h5-10,13H,4,15H2,1-3H3. The van der Waals surface area contributed by atoms with Crippen molar-refractivity contribution in [3.63, 3.8) is 0 Å². The number of benzene rings is 1. The Morgan fingerprint density at radius 3 is 2.56 bits per heavy atom. The summed E-state index contributed by atoms with van der Waals surface area (Å²) in [6.07, 6.45) is 1.18. The summed E-state index contributed by atoms with van der Waals surface area (Å²) in [4.78, 5) is 0. The molecule has 16 heavy (non-hydrogen) atoms. The molecule has 1 aromatic rings. The minimum atomic E-state index is 0.174. The Bertz CT molecular complexity index is 327. The van der Waals surface area contributed by atoms with Gasteiger partial charge in [-0.05, 0) is 31.0 Å². The van der Waals surface area contributed by atoms with Crippen LogP contribution in [0.2, 0.25) is 0 Å². The summed E-state index contributed by atoms with van der Waals surface area (Å²) in [6, 6.07) is 8.63. The van der Waals surface area contributed by atoms with Crippen LogP contribution in [0.3, 0.4) is 0 Å². The Morgan fingerprint density at radius 1 is 1.38 bits per heavy atom. The summed E-state index contributed by atoms with van der Waals surface area (Å²) in [5, 5.41) is 1.03. The molecule has 0 spiro atoms. The SMILES string of the molecule is CCC(C)SC(c1cccc(Br)c1)C(C)N. The highest BCUT2D eigenvalue weighted by Crippen LogP contribution is 2.36. The van der Waals surface area contributed by atoms with Gasteiger partial charge in [-0.2, -0.15) is 0 Å². The Hall–Kier alpha value is 0.01000. The van der Waals surface area contributed by atoms with Crippen molar-refractivity contribution in [1.82, 2.24) is 0 Å². The third-order valence-electron chi connectivity index (χ3n) is 2.61. The summed E-state index contributed by atoms with van der Waals surface area (Å²) in [7, 11) is 0. The van der Waals surface area contributed by atoms with Crippen LogP contribution < -0.4 is 5.73 Å². The van der Waals surface area contributed by atoms with Gasteiger partial charge in [-0.25, -0.2) is 0 Å². The molecule has 3 unspecified atom stereocenters. The molecular weight excluding hydrogens is 282 g/mol. The van der Waals surface area contributed by atoms with E-state index in [1.807, 2.05) is 11.8 Å². The molecule has 0 heterocycles. The molecule has 90 valence electrons. The first-order valence-corrected chi connectivity index (χ1v) is 7.44. The van der Waals surface area contributed by atoms with Crippen LogP contribution in [0.5, 0.6) is 0 Å². The maximum Gasteiger partial charge on any atom is 0.0448 e. The molecular formula is C13H20BrNS. The van der Waals surface area contributed by atoms with Crippen LogP contribution in [-0.4, -0.2) is 11.3 Å². The number of halogens is 1. The van der Waals surface area contributed by atoms with Crippen molar-refractivity contribution in [1.29, 1.82) is 0 Å². The molecule has 0 bridgehead atoms. The fourth-order valence-corrected chi connectivity index (χ4v) is 3.20. The van der Waals surface area contributed by atoms with Crippen molar-refractivity contribution >= 4 is 27.7 Å². The molecule has 0 fully saturated rings. The monoisotopic (exact) mass is 301 g/mol. The van der Waals surface area contributed by atoms with E-state index in [0.29, 0.717) is 10.5 Å². The average molecular weight is 302 g/mol. The van der Waals surface area contributed by atoms with Crippen LogP contribution in [0.25, 0.3) is 0 Å². The van der Waals surface area contributed by atoms with Gasteiger partial charge in [-0.1, -0.05) is 41.9 Å². The zero-order valence-corrected chi connectivity index (χ0v) is 12.5. The second kappa shape index (κ2) is 6.67. The molecule has 1 nitrogen and oxygen atoms in total. The van der Waals surface area contributed by atoms with Gasteiger partial charge in [0.2, 0.25) is 0 Å². The number of hydrogen-bond donors (Lipinski definition) is 1. The molecule has 0 aromatic heterocycles. The van der Waals surface area contributed by atoms with Crippen LogP contribution in [0.15, 0.2) is 28.7 Å². The van der Waals surface area contributed by atoms with Crippen molar-refractivity contribution in [2.75, 3.05) is 0 Å².